The molecule has 0 amide bonds. The van der Waals surface area contributed by atoms with Crippen LogP contribution in [0.3, 0.4) is 0 Å². The summed E-state index contributed by atoms with van der Waals surface area (Å²) in [6, 6.07) is 6.26. The quantitative estimate of drug-likeness (QED) is 0.861. The van der Waals surface area contributed by atoms with Gasteiger partial charge in [-0.2, -0.15) is 0 Å². The van der Waals surface area contributed by atoms with Gasteiger partial charge in [0.25, 0.3) is 0 Å². The maximum Gasteiger partial charge on any atom is 0.0635 e. The first-order chi connectivity index (χ1) is 8.76. The molecule has 2 rings (SSSR count). The Morgan fingerprint density at radius 3 is 3.06 bits per heavy atom. The number of nitrogens with zero attached hydrogens (tertiary/aromatic N) is 1. The Morgan fingerprint density at radius 1 is 1.50 bits per heavy atom. The Bertz CT molecular complexity index is 397. The Labute approximate surface area is 114 Å². The zero-order valence-electron chi connectivity index (χ0n) is 10.8. The molecule has 2 N–H and O–H groups in total. The van der Waals surface area contributed by atoms with Crippen LogP contribution in [0.25, 0.3) is 0 Å². The number of rotatable bonds is 5. The largest absolute Gasteiger partial charge is 0.394 e. The molecule has 1 heterocycles. The predicted octanol–water partition coefficient (Wildman–Crippen LogP) is 2.41. The summed E-state index contributed by atoms with van der Waals surface area (Å²) in [5, 5.41) is 13.6. The number of benzene rings is 1. The summed E-state index contributed by atoms with van der Waals surface area (Å²) in [5.74, 6) is 0. The van der Waals surface area contributed by atoms with Gasteiger partial charge in [-0.25, -0.2) is 0 Å². The summed E-state index contributed by atoms with van der Waals surface area (Å²) in [6.07, 6.45) is 2.20. The fraction of sp³-hybridized carbons (Fsp3) is 0.571. The summed E-state index contributed by atoms with van der Waals surface area (Å²) >= 11 is 6.11. The average molecular weight is 269 g/mol. The van der Waals surface area contributed by atoms with E-state index >= 15 is 0 Å². The third-order valence-corrected chi connectivity index (χ3v) is 3.75. The molecule has 1 atom stereocenters. The first-order valence-corrected chi connectivity index (χ1v) is 7.00. The third kappa shape index (κ3) is 2.97. The normalized spacial score (nSPS) is 19.5. The molecule has 18 heavy (non-hydrogen) atoms. The standard InChI is InChI=1S/C14H21ClN2O/c1-2-16-9-11-5-6-12(15)8-14(11)17-7-3-4-13(17)10-18/h5-6,8,13,16,18H,2-4,7,9-10H2,1H3. The van der Waals surface area contributed by atoms with Crippen LogP contribution in [0.5, 0.6) is 0 Å². The monoisotopic (exact) mass is 268 g/mol. The topological polar surface area (TPSA) is 35.5 Å². The second-order valence-corrected chi connectivity index (χ2v) is 5.16. The van der Waals surface area contributed by atoms with Crippen molar-refractivity contribution in [2.75, 3.05) is 24.6 Å². The lowest BCUT2D eigenvalue weighted by Crippen LogP contribution is -2.33. The van der Waals surface area contributed by atoms with Gasteiger partial charge in [0, 0.05) is 23.8 Å². The van der Waals surface area contributed by atoms with Gasteiger partial charge in [-0.1, -0.05) is 24.6 Å². The molecule has 1 aromatic carbocycles. The van der Waals surface area contributed by atoms with E-state index in [4.69, 9.17) is 11.6 Å². The highest BCUT2D eigenvalue weighted by molar-refractivity contribution is 6.30. The number of hydrogen-bond donors (Lipinski definition) is 2. The molecule has 1 aliphatic heterocycles. The Morgan fingerprint density at radius 2 is 2.33 bits per heavy atom. The zero-order chi connectivity index (χ0) is 13.0. The Balaban J connectivity index is 2.26. The first-order valence-electron chi connectivity index (χ1n) is 6.63. The Kier molecular flexibility index (Phi) is 4.87. The van der Waals surface area contributed by atoms with Crippen LogP contribution in [0.2, 0.25) is 5.02 Å². The van der Waals surface area contributed by atoms with Crippen LogP contribution in [0.1, 0.15) is 25.3 Å². The van der Waals surface area contributed by atoms with Crippen molar-refractivity contribution in [2.24, 2.45) is 0 Å². The van der Waals surface area contributed by atoms with Gasteiger partial charge in [0.15, 0.2) is 0 Å². The summed E-state index contributed by atoms with van der Waals surface area (Å²) in [4.78, 5) is 2.29. The SMILES string of the molecule is CCNCc1ccc(Cl)cc1N1CCCC1CO. The van der Waals surface area contributed by atoms with Crippen LogP contribution in [0, 0.1) is 0 Å². The van der Waals surface area contributed by atoms with Crippen LogP contribution in [-0.4, -0.2) is 30.8 Å². The van der Waals surface area contributed by atoms with E-state index in [1.807, 2.05) is 12.1 Å². The molecule has 1 saturated heterocycles. The van der Waals surface area contributed by atoms with E-state index in [0.717, 1.165) is 37.5 Å². The van der Waals surface area contributed by atoms with Gasteiger partial charge in [-0.3, -0.25) is 0 Å². The van der Waals surface area contributed by atoms with Crippen molar-refractivity contribution in [1.29, 1.82) is 0 Å². The van der Waals surface area contributed by atoms with Crippen molar-refractivity contribution >= 4 is 17.3 Å². The molecule has 1 unspecified atom stereocenters. The molecule has 1 aromatic rings. The van der Waals surface area contributed by atoms with Crippen LogP contribution in [0.15, 0.2) is 18.2 Å². The van der Waals surface area contributed by atoms with E-state index in [1.165, 1.54) is 11.3 Å². The molecule has 1 aliphatic rings. The van der Waals surface area contributed by atoms with Crippen LogP contribution >= 0.6 is 11.6 Å². The molecule has 3 nitrogen and oxygen atoms in total. The highest BCUT2D eigenvalue weighted by Gasteiger charge is 2.25. The maximum absolute atomic E-state index is 9.44. The van der Waals surface area contributed by atoms with Crippen LogP contribution < -0.4 is 10.2 Å². The van der Waals surface area contributed by atoms with Crippen molar-refractivity contribution in [2.45, 2.75) is 32.4 Å². The van der Waals surface area contributed by atoms with E-state index in [9.17, 15) is 5.11 Å². The number of anilines is 1. The molecule has 0 aliphatic carbocycles. The molecular formula is C14H21ClN2O. The average Bonchev–Trinajstić information content (AvgIpc) is 2.85. The fourth-order valence-electron chi connectivity index (χ4n) is 2.56. The molecule has 1 fully saturated rings. The van der Waals surface area contributed by atoms with Crippen LogP contribution in [-0.2, 0) is 6.54 Å². The second kappa shape index (κ2) is 6.41. The minimum atomic E-state index is 0.215. The summed E-state index contributed by atoms with van der Waals surface area (Å²) in [6.45, 7) is 5.11. The van der Waals surface area contributed by atoms with Gasteiger partial charge in [-0.05, 0) is 37.1 Å². The van der Waals surface area contributed by atoms with Crippen LogP contribution in [0.4, 0.5) is 5.69 Å². The maximum atomic E-state index is 9.44. The van der Waals surface area contributed by atoms with Crippen molar-refractivity contribution < 1.29 is 5.11 Å². The van der Waals surface area contributed by atoms with E-state index in [-0.39, 0.29) is 12.6 Å². The van der Waals surface area contributed by atoms with Gasteiger partial charge < -0.3 is 15.3 Å². The minimum absolute atomic E-state index is 0.215. The number of aliphatic hydroxyl groups is 1. The molecular weight excluding hydrogens is 248 g/mol. The van der Waals surface area contributed by atoms with Gasteiger partial charge >= 0.3 is 0 Å². The summed E-state index contributed by atoms with van der Waals surface area (Å²) in [7, 11) is 0. The number of aliphatic hydroxyl groups excluding tert-OH is 1. The minimum Gasteiger partial charge on any atom is -0.394 e. The number of hydrogen-bond acceptors (Lipinski definition) is 3. The van der Waals surface area contributed by atoms with Gasteiger partial charge in [0.05, 0.1) is 12.6 Å². The van der Waals surface area contributed by atoms with Gasteiger partial charge in [-0.15, -0.1) is 0 Å². The Hall–Kier alpha value is -0.770. The van der Waals surface area contributed by atoms with E-state index in [2.05, 4.69) is 23.2 Å². The highest BCUT2D eigenvalue weighted by Crippen LogP contribution is 2.31. The lowest BCUT2D eigenvalue weighted by atomic mass is 10.1. The lowest BCUT2D eigenvalue weighted by Gasteiger charge is -2.28. The number of nitrogens with one attached hydrogen (secondary N) is 1. The molecule has 0 aromatic heterocycles. The fourth-order valence-corrected chi connectivity index (χ4v) is 2.72. The van der Waals surface area contributed by atoms with Gasteiger partial charge in [0.2, 0.25) is 0 Å². The third-order valence-electron chi connectivity index (χ3n) is 3.51. The van der Waals surface area contributed by atoms with Crippen molar-refractivity contribution in [3.05, 3.63) is 28.8 Å². The smallest absolute Gasteiger partial charge is 0.0635 e. The molecule has 0 saturated carbocycles. The number of halogens is 1. The molecule has 4 heteroatoms. The predicted molar refractivity (Wildman–Crippen MR) is 76.3 cm³/mol. The summed E-state index contributed by atoms with van der Waals surface area (Å²) in [5.41, 5.74) is 2.42. The molecule has 0 spiro atoms. The van der Waals surface area contributed by atoms with E-state index in [1.54, 1.807) is 0 Å². The lowest BCUT2D eigenvalue weighted by molar-refractivity contribution is 0.266. The molecule has 100 valence electrons. The first kappa shape index (κ1) is 13.7. The van der Waals surface area contributed by atoms with E-state index < -0.39 is 0 Å². The highest BCUT2D eigenvalue weighted by atomic mass is 35.5. The molecule has 0 radical (unpaired) electrons. The summed E-state index contributed by atoms with van der Waals surface area (Å²) < 4.78 is 0. The van der Waals surface area contributed by atoms with E-state index in [0.29, 0.717) is 0 Å². The molecule has 0 bridgehead atoms. The van der Waals surface area contributed by atoms with Crippen molar-refractivity contribution in [3.8, 4) is 0 Å². The van der Waals surface area contributed by atoms with Crippen molar-refractivity contribution in [3.63, 3.8) is 0 Å². The second-order valence-electron chi connectivity index (χ2n) is 4.73. The van der Waals surface area contributed by atoms with Gasteiger partial charge in [0.1, 0.15) is 0 Å². The zero-order valence-corrected chi connectivity index (χ0v) is 11.6. The van der Waals surface area contributed by atoms with Crippen molar-refractivity contribution in [1.82, 2.24) is 5.32 Å².